The second-order valence-electron chi connectivity index (χ2n) is 4.78. The zero-order chi connectivity index (χ0) is 13.1. The summed E-state index contributed by atoms with van der Waals surface area (Å²) < 4.78 is 0. The maximum atomic E-state index is 12.1. The third-order valence-electron chi connectivity index (χ3n) is 3.06. The van der Waals surface area contributed by atoms with Crippen molar-refractivity contribution in [3.05, 3.63) is 28.2 Å². The molecule has 0 bridgehead atoms. The second kappa shape index (κ2) is 5.81. The smallest absolute Gasteiger partial charge is 0.321 e. The third kappa shape index (κ3) is 3.53. The van der Waals surface area contributed by atoms with Crippen molar-refractivity contribution in [1.29, 1.82) is 0 Å². The highest BCUT2D eigenvalue weighted by Gasteiger charge is 2.20. The fourth-order valence-electron chi connectivity index (χ4n) is 2.20. The van der Waals surface area contributed by atoms with Crippen molar-refractivity contribution >= 4 is 34.9 Å². The van der Waals surface area contributed by atoms with E-state index in [9.17, 15) is 4.79 Å². The van der Waals surface area contributed by atoms with E-state index in [0.29, 0.717) is 21.7 Å². The van der Waals surface area contributed by atoms with Gasteiger partial charge in [-0.3, -0.25) is 0 Å². The van der Waals surface area contributed by atoms with Crippen molar-refractivity contribution in [2.24, 2.45) is 5.92 Å². The van der Waals surface area contributed by atoms with Crippen molar-refractivity contribution in [2.45, 2.75) is 19.8 Å². The molecule has 0 radical (unpaired) electrons. The Morgan fingerprint density at radius 3 is 2.61 bits per heavy atom. The summed E-state index contributed by atoms with van der Waals surface area (Å²) in [5, 5.41) is 3.87. The number of anilines is 1. The van der Waals surface area contributed by atoms with Gasteiger partial charge >= 0.3 is 6.03 Å². The summed E-state index contributed by atoms with van der Waals surface area (Å²) in [5.74, 6) is 0.562. The van der Waals surface area contributed by atoms with Crippen LogP contribution in [0.5, 0.6) is 0 Å². The van der Waals surface area contributed by atoms with Crippen LogP contribution in [0.25, 0.3) is 0 Å². The molecule has 1 aromatic rings. The van der Waals surface area contributed by atoms with Crippen LogP contribution in [0.3, 0.4) is 0 Å². The summed E-state index contributed by atoms with van der Waals surface area (Å²) in [6.45, 7) is 3.78. The Balaban J connectivity index is 2.02. The minimum Gasteiger partial charge on any atom is -0.324 e. The van der Waals surface area contributed by atoms with Crippen LogP contribution in [0.4, 0.5) is 10.5 Å². The van der Waals surface area contributed by atoms with Gasteiger partial charge in [-0.1, -0.05) is 30.1 Å². The zero-order valence-electron chi connectivity index (χ0n) is 10.2. The number of carbonyl (C=O) groups is 1. The lowest BCUT2D eigenvalue weighted by atomic mass is 10.0. The third-order valence-corrected chi connectivity index (χ3v) is 3.49. The van der Waals surface area contributed by atoms with Crippen LogP contribution in [0, 0.1) is 5.92 Å². The van der Waals surface area contributed by atoms with Crippen LogP contribution in [0.15, 0.2) is 18.2 Å². The second-order valence-corrected chi connectivity index (χ2v) is 5.65. The summed E-state index contributed by atoms with van der Waals surface area (Å²) in [6, 6.07) is 4.94. The summed E-state index contributed by atoms with van der Waals surface area (Å²) in [7, 11) is 0. The lowest BCUT2D eigenvalue weighted by Crippen LogP contribution is -2.41. The Morgan fingerprint density at radius 1 is 1.33 bits per heavy atom. The van der Waals surface area contributed by atoms with Gasteiger partial charge in [-0.05, 0) is 37.0 Å². The number of nitrogens with zero attached hydrogens (tertiary/aromatic N) is 1. The number of amides is 2. The highest BCUT2D eigenvalue weighted by molar-refractivity contribution is 6.35. The van der Waals surface area contributed by atoms with Crippen LogP contribution in [-0.2, 0) is 0 Å². The lowest BCUT2D eigenvalue weighted by Gasteiger charge is -2.30. The average molecular weight is 287 g/mol. The quantitative estimate of drug-likeness (QED) is 0.822. The SMILES string of the molecule is CC1CCCN(C(=O)Nc2cc(Cl)cc(Cl)c2)C1. The number of likely N-dealkylation sites (tertiary alicyclic amines) is 1. The number of nitrogens with one attached hydrogen (secondary N) is 1. The number of piperidine rings is 1. The molecule has 1 N–H and O–H groups in total. The first kappa shape index (κ1) is 13.5. The van der Waals surface area contributed by atoms with E-state index in [4.69, 9.17) is 23.2 Å². The van der Waals surface area contributed by atoms with E-state index >= 15 is 0 Å². The number of hydrogen-bond acceptors (Lipinski definition) is 1. The highest BCUT2D eigenvalue weighted by atomic mass is 35.5. The van der Waals surface area contributed by atoms with Gasteiger partial charge in [0, 0.05) is 28.8 Å². The van der Waals surface area contributed by atoms with Crippen molar-refractivity contribution in [3.8, 4) is 0 Å². The molecule has 98 valence electrons. The van der Waals surface area contributed by atoms with E-state index in [0.717, 1.165) is 19.5 Å². The number of rotatable bonds is 1. The predicted octanol–water partition coefficient (Wildman–Crippen LogP) is 4.26. The molecule has 18 heavy (non-hydrogen) atoms. The van der Waals surface area contributed by atoms with Gasteiger partial charge in [0.2, 0.25) is 0 Å². The standard InChI is InChI=1S/C13H16Cl2N2O/c1-9-3-2-4-17(8-9)13(18)16-12-6-10(14)5-11(15)7-12/h5-7,9H,2-4,8H2,1H3,(H,16,18). The number of halogens is 2. The predicted molar refractivity (Wildman–Crippen MR) is 75.5 cm³/mol. The minimum atomic E-state index is -0.0834. The van der Waals surface area contributed by atoms with E-state index in [1.807, 2.05) is 4.90 Å². The minimum absolute atomic E-state index is 0.0834. The fourth-order valence-corrected chi connectivity index (χ4v) is 2.73. The molecule has 3 nitrogen and oxygen atoms in total. The molecule has 1 aliphatic heterocycles. The monoisotopic (exact) mass is 286 g/mol. The molecule has 1 atom stereocenters. The number of carbonyl (C=O) groups excluding carboxylic acids is 1. The van der Waals surface area contributed by atoms with Crippen LogP contribution in [0.2, 0.25) is 10.0 Å². The number of benzene rings is 1. The maximum absolute atomic E-state index is 12.1. The fraction of sp³-hybridized carbons (Fsp3) is 0.462. The number of urea groups is 1. The molecular weight excluding hydrogens is 271 g/mol. The van der Waals surface area contributed by atoms with Crippen LogP contribution in [-0.4, -0.2) is 24.0 Å². The van der Waals surface area contributed by atoms with Crippen LogP contribution < -0.4 is 5.32 Å². The van der Waals surface area contributed by atoms with Gasteiger partial charge in [0.05, 0.1) is 0 Å². The Bertz CT molecular complexity index is 430. The topological polar surface area (TPSA) is 32.3 Å². The summed E-state index contributed by atoms with van der Waals surface area (Å²) >= 11 is 11.8. The summed E-state index contributed by atoms with van der Waals surface area (Å²) in [5.41, 5.74) is 0.635. The van der Waals surface area contributed by atoms with E-state index in [2.05, 4.69) is 12.2 Å². The Hall–Kier alpha value is -0.930. The Morgan fingerprint density at radius 2 is 2.00 bits per heavy atom. The molecule has 1 saturated heterocycles. The first-order valence-corrected chi connectivity index (χ1v) is 6.82. The van der Waals surface area contributed by atoms with Crippen LogP contribution in [0.1, 0.15) is 19.8 Å². The van der Waals surface area contributed by atoms with E-state index in [1.54, 1.807) is 18.2 Å². The molecule has 0 spiro atoms. The molecular formula is C13H16Cl2N2O. The van der Waals surface area contributed by atoms with E-state index in [-0.39, 0.29) is 6.03 Å². The molecule has 2 rings (SSSR count). The molecule has 0 aromatic heterocycles. The van der Waals surface area contributed by atoms with Gasteiger partial charge in [-0.25, -0.2) is 4.79 Å². The molecule has 2 amide bonds. The van der Waals surface area contributed by atoms with Crippen molar-refractivity contribution in [3.63, 3.8) is 0 Å². The molecule has 1 unspecified atom stereocenters. The van der Waals surface area contributed by atoms with Gasteiger partial charge in [-0.15, -0.1) is 0 Å². The maximum Gasteiger partial charge on any atom is 0.321 e. The van der Waals surface area contributed by atoms with Gasteiger partial charge in [0.1, 0.15) is 0 Å². The van der Waals surface area contributed by atoms with E-state index in [1.165, 1.54) is 6.42 Å². The van der Waals surface area contributed by atoms with Gasteiger partial charge in [0.15, 0.2) is 0 Å². The molecule has 0 aliphatic carbocycles. The number of hydrogen-bond donors (Lipinski definition) is 1. The van der Waals surface area contributed by atoms with Gasteiger partial charge in [-0.2, -0.15) is 0 Å². The normalized spacial score (nSPS) is 19.7. The first-order valence-electron chi connectivity index (χ1n) is 6.06. The first-order chi connectivity index (χ1) is 8.54. The lowest BCUT2D eigenvalue weighted by molar-refractivity contribution is 0.182. The molecule has 1 aliphatic rings. The molecule has 1 heterocycles. The highest BCUT2D eigenvalue weighted by Crippen LogP contribution is 2.23. The molecule has 0 saturated carbocycles. The molecule has 5 heteroatoms. The Kier molecular flexibility index (Phi) is 4.36. The molecule has 1 aromatic carbocycles. The zero-order valence-corrected chi connectivity index (χ0v) is 11.8. The largest absolute Gasteiger partial charge is 0.324 e. The Labute approximate surface area is 117 Å². The van der Waals surface area contributed by atoms with Crippen LogP contribution >= 0.6 is 23.2 Å². The van der Waals surface area contributed by atoms with E-state index < -0.39 is 0 Å². The summed E-state index contributed by atoms with van der Waals surface area (Å²) in [6.07, 6.45) is 2.25. The van der Waals surface area contributed by atoms with Crippen molar-refractivity contribution in [2.75, 3.05) is 18.4 Å². The van der Waals surface area contributed by atoms with Crippen molar-refractivity contribution < 1.29 is 4.79 Å². The van der Waals surface area contributed by atoms with Gasteiger partial charge in [0.25, 0.3) is 0 Å². The summed E-state index contributed by atoms with van der Waals surface area (Å²) in [4.78, 5) is 13.9. The van der Waals surface area contributed by atoms with Crippen molar-refractivity contribution in [1.82, 2.24) is 4.90 Å². The molecule has 1 fully saturated rings. The average Bonchev–Trinajstić information content (AvgIpc) is 2.27. The van der Waals surface area contributed by atoms with Gasteiger partial charge < -0.3 is 10.2 Å².